The van der Waals surface area contributed by atoms with E-state index in [0.717, 1.165) is 61.5 Å². The fourth-order valence-electron chi connectivity index (χ4n) is 7.63. The van der Waals surface area contributed by atoms with E-state index >= 15 is 0 Å². The van der Waals surface area contributed by atoms with Gasteiger partial charge in [0.2, 0.25) is 0 Å². The lowest BCUT2D eigenvalue weighted by atomic mass is 10.0. The molecule has 1 aliphatic heterocycles. The van der Waals surface area contributed by atoms with Crippen molar-refractivity contribution in [1.29, 1.82) is 0 Å². The predicted octanol–water partition coefficient (Wildman–Crippen LogP) is 11.5. The van der Waals surface area contributed by atoms with Crippen molar-refractivity contribution >= 4 is 86.9 Å². The highest BCUT2D eigenvalue weighted by Gasteiger charge is 2.23. The van der Waals surface area contributed by atoms with Gasteiger partial charge in [-0.3, -0.25) is 0 Å². The lowest BCUT2D eigenvalue weighted by molar-refractivity contribution is 0.668. The molecule has 5 nitrogen and oxygen atoms in total. The standard InChI is InChI=1S/C45H28N4OS/c1-3-11-27(12-4-1)43-46-44(48-45(47-43)29-19-21-33-32-16-8-10-18-41(32)51-42(33)24-29)28-20-22-39-35(23-28)36-25-34-31-15-7-9-17-37(31)49(30-13-5-2-6-14-30)38(34)26-40(36)50-39/h1-26,44H,(H,46,47,48). The fourth-order valence-corrected chi connectivity index (χ4v) is 8.78. The summed E-state index contributed by atoms with van der Waals surface area (Å²) in [5.74, 6) is 1.61. The molecule has 0 fully saturated rings. The van der Waals surface area contributed by atoms with Gasteiger partial charge in [-0.1, -0.05) is 103 Å². The zero-order valence-corrected chi connectivity index (χ0v) is 28.1. The number of rotatable bonds is 4. The fraction of sp³-hybridized carbons (Fsp3) is 0.0222. The van der Waals surface area contributed by atoms with E-state index in [4.69, 9.17) is 14.4 Å². The average Bonchev–Trinajstić information content (AvgIpc) is 3.86. The molecule has 11 rings (SSSR count). The molecule has 0 spiro atoms. The van der Waals surface area contributed by atoms with Crippen LogP contribution in [0.4, 0.5) is 0 Å². The molecule has 1 aliphatic rings. The van der Waals surface area contributed by atoms with Crippen molar-refractivity contribution < 1.29 is 4.42 Å². The van der Waals surface area contributed by atoms with Crippen LogP contribution >= 0.6 is 11.3 Å². The summed E-state index contributed by atoms with van der Waals surface area (Å²) in [6.07, 6.45) is -0.437. The highest BCUT2D eigenvalue weighted by atomic mass is 32.1. The Morgan fingerprint density at radius 1 is 0.490 bits per heavy atom. The molecule has 1 atom stereocenters. The molecule has 0 saturated heterocycles. The van der Waals surface area contributed by atoms with E-state index in [1.165, 1.54) is 36.5 Å². The average molecular weight is 673 g/mol. The first-order chi connectivity index (χ1) is 25.2. The Morgan fingerprint density at radius 2 is 1.20 bits per heavy atom. The number of furan rings is 1. The highest BCUT2D eigenvalue weighted by molar-refractivity contribution is 7.25. The maximum Gasteiger partial charge on any atom is 0.169 e. The monoisotopic (exact) mass is 672 g/mol. The van der Waals surface area contributed by atoms with Crippen LogP contribution in [0.3, 0.4) is 0 Å². The third kappa shape index (κ3) is 4.47. The molecule has 240 valence electrons. The second-order valence-corrected chi connectivity index (χ2v) is 14.1. The number of para-hydroxylation sites is 2. The summed E-state index contributed by atoms with van der Waals surface area (Å²) in [6.45, 7) is 0. The molecule has 1 unspecified atom stereocenters. The minimum Gasteiger partial charge on any atom is -0.456 e. The van der Waals surface area contributed by atoms with E-state index in [9.17, 15) is 0 Å². The lowest BCUT2D eigenvalue weighted by Gasteiger charge is -2.22. The van der Waals surface area contributed by atoms with Crippen molar-refractivity contribution in [2.24, 2.45) is 9.98 Å². The van der Waals surface area contributed by atoms with Crippen LogP contribution in [-0.2, 0) is 0 Å². The minimum absolute atomic E-state index is 0.437. The second-order valence-electron chi connectivity index (χ2n) is 13.0. The molecule has 0 saturated carbocycles. The maximum atomic E-state index is 6.54. The molecule has 0 aliphatic carbocycles. The van der Waals surface area contributed by atoms with E-state index in [1.807, 2.05) is 29.5 Å². The molecular formula is C45H28N4OS. The number of aromatic nitrogens is 1. The molecule has 0 bridgehead atoms. The molecule has 1 N–H and O–H groups in total. The van der Waals surface area contributed by atoms with Crippen LogP contribution in [0.1, 0.15) is 22.9 Å². The van der Waals surface area contributed by atoms with Crippen LogP contribution in [0, 0.1) is 0 Å². The lowest BCUT2D eigenvalue weighted by Crippen LogP contribution is -2.36. The van der Waals surface area contributed by atoms with Gasteiger partial charge in [-0.05, 0) is 54.1 Å². The molecule has 0 radical (unpaired) electrons. The van der Waals surface area contributed by atoms with Crippen LogP contribution in [-0.4, -0.2) is 16.2 Å². The van der Waals surface area contributed by atoms with Gasteiger partial charge in [-0.25, -0.2) is 9.98 Å². The van der Waals surface area contributed by atoms with Crippen molar-refractivity contribution in [3.63, 3.8) is 0 Å². The van der Waals surface area contributed by atoms with Crippen molar-refractivity contribution in [3.05, 3.63) is 174 Å². The van der Waals surface area contributed by atoms with Gasteiger partial charge in [0.25, 0.3) is 0 Å². The third-order valence-corrected chi connectivity index (χ3v) is 11.2. The number of nitrogens with one attached hydrogen (secondary N) is 1. The Morgan fingerprint density at radius 3 is 2.06 bits per heavy atom. The number of fused-ring (bicyclic) bond motifs is 9. The van der Waals surface area contributed by atoms with E-state index in [0.29, 0.717) is 0 Å². The maximum absolute atomic E-state index is 6.54. The van der Waals surface area contributed by atoms with E-state index in [2.05, 4.69) is 149 Å². The largest absolute Gasteiger partial charge is 0.456 e. The summed E-state index contributed by atoms with van der Waals surface area (Å²) in [5, 5.41) is 10.7. The Bertz CT molecular complexity index is 3060. The molecule has 6 heteroatoms. The molecule has 0 amide bonds. The summed E-state index contributed by atoms with van der Waals surface area (Å²) in [6, 6.07) is 55.5. The number of aliphatic imine (C=N–C) groups is 2. The minimum atomic E-state index is -0.437. The number of amidine groups is 2. The molecule has 7 aromatic carbocycles. The third-order valence-electron chi connectivity index (χ3n) is 10.0. The summed E-state index contributed by atoms with van der Waals surface area (Å²) in [5.41, 5.74) is 8.18. The van der Waals surface area contributed by atoms with Crippen molar-refractivity contribution in [2.45, 2.75) is 6.17 Å². The van der Waals surface area contributed by atoms with Crippen LogP contribution in [0.2, 0.25) is 0 Å². The summed E-state index contributed by atoms with van der Waals surface area (Å²) in [4.78, 5) is 10.4. The first-order valence-electron chi connectivity index (χ1n) is 17.1. The zero-order valence-electron chi connectivity index (χ0n) is 27.2. The molecule has 3 aromatic heterocycles. The Balaban J connectivity index is 1.08. The summed E-state index contributed by atoms with van der Waals surface area (Å²) >= 11 is 1.81. The molecule has 10 aromatic rings. The van der Waals surface area contributed by atoms with E-state index < -0.39 is 6.17 Å². The van der Waals surface area contributed by atoms with Crippen molar-refractivity contribution in [2.75, 3.05) is 0 Å². The van der Waals surface area contributed by atoms with Crippen LogP contribution in [0.5, 0.6) is 0 Å². The number of nitrogens with zero attached hydrogens (tertiary/aromatic N) is 3. The van der Waals surface area contributed by atoms with Crippen LogP contribution in [0.25, 0.3) is 69.6 Å². The Labute approximate surface area is 296 Å². The first kappa shape index (κ1) is 28.3. The van der Waals surface area contributed by atoms with Gasteiger partial charge >= 0.3 is 0 Å². The normalized spacial score (nSPS) is 14.9. The summed E-state index contributed by atoms with van der Waals surface area (Å²) in [7, 11) is 0. The van der Waals surface area contributed by atoms with Gasteiger partial charge in [-0.2, -0.15) is 0 Å². The van der Waals surface area contributed by atoms with Gasteiger partial charge in [0, 0.05) is 64.6 Å². The zero-order chi connectivity index (χ0) is 33.5. The van der Waals surface area contributed by atoms with Crippen molar-refractivity contribution in [1.82, 2.24) is 9.88 Å². The van der Waals surface area contributed by atoms with Crippen LogP contribution in [0.15, 0.2) is 172 Å². The topological polar surface area (TPSA) is 54.8 Å². The first-order valence-corrected chi connectivity index (χ1v) is 17.9. The number of hydrogen-bond acceptors (Lipinski definition) is 5. The summed E-state index contributed by atoms with van der Waals surface area (Å²) < 4.78 is 11.4. The Kier molecular flexibility index (Phi) is 6.12. The number of benzene rings is 7. The molecule has 51 heavy (non-hydrogen) atoms. The SMILES string of the molecule is c1ccc(C2=NC(c3ccc4oc5cc6c(cc5c4c3)c3ccccc3n6-c3ccccc3)N=C(c3ccc4c(c3)sc3ccccc34)N2)cc1. The quantitative estimate of drug-likeness (QED) is 0.202. The Hall–Kier alpha value is -6.50. The van der Waals surface area contributed by atoms with Gasteiger partial charge < -0.3 is 14.3 Å². The van der Waals surface area contributed by atoms with Crippen LogP contribution < -0.4 is 5.32 Å². The highest BCUT2D eigenvalue weighted by Crippen LogP contribution is 2.40. The van der Waals surface area contributed by atoms with Gasteiger partial charge in [-0.15, -0.1) is 11.3 Å². The number of hydrogen-bond donors (Lipinski definition) is 1. The number of thiophene rings is 1. The van der Waals surface area contributed by atoms with E-state index in [1.54, 1.807) is 0 Å². The van der Waals surface area contributed by atoms with Crippen molar-refractivity contribution in [3.8, 4) is 5.69 Å². The van der Waals surface area contributed by atoms with Gasteiger partial charge in [0.05, 0.1) is 11.0 Å². The smallest absolute Gasteiger partial charge is 0.169 e. The molecule has 4 heterocycles. The van der Waals surface area contributed by atoms with Gasteiger partial charge in [0.15, 0.2) is 6.17 Å². The van der Waals surface area contributed by atoms with Gasteiger partial charge in [0.1, 0.15) is 22.8 Å². The molecular weight excluding hydrogens is 645 g/mol. The van der Waals surface area contributed by atoms with E-state index in [-0.39, 0.29) is 0 Å². The predicted molar refractivity (Wildman–Crippen MR) is 213 cm³/mol. The second kappa shape index (κ2) is 11.0.